The highest BCUT2D eigenvalue weighted by atomic mass is 16.4. The Morgan fingerprint density at radius 1 is 0.735 bits per heavy atom. The van der Waals surface area contributed by atoms with Crippen molar-refractivity contribution in [2.24, 2.45) is 0 Å². The maximum absolute atomic E-state index is 13.2. The molecule has 4 aromatic rings. The van der Waals surface area contributed by atoms with Crippen molar-refractivity contribution in [3.05, 3.63) is 107 Å². The predicted octanol–water partition coefficient (Wildman–Crippen LogP) is 7.94. The number of carbonyl (C=O) groups is 3. The molecule has 258 valence electrons. The molecule has 0 aliphatic rings. The first kappa shape index (κ1) is 37.0. The Kier molecular flexibility index (Phi) is 13.6. The predicted molar refractivity (Wildman–Crippen MR) is 195 cm³/mol. The molecule has 0 saturated heterocycles. The second-order valence-electron chi connectivity index (χ2n) is 13.7. The number of aryl methyl sites for hydroxylation is 1. The zero-order valence-corrected chi connectivity index (χ0v) is 29.3. The number of nitrogens with one attached hydrogen (secondary N) is 2. The third-order valence-corrected chi connectivity index (χ3v) is 8.68. The Balaban J connectivity index is 1.38. The maximum atomic E-state index is 13.2. The minimum absolute atomic E-state index is 0.0313. The van der Waals surface area contributed by atoms with Crippen molar-refractivity contribution in [1.29, 1.82) is 0 Å². The van der Waals surface area contributed by atoms with Gasteiger partial charge in [-0.05, 0) is 52.6 Å². The molecule has 0 fully saturated rings. The van der Waals surface area contributed by atoms with Gasteiger partial charge in [0.05, 0.1) is 6.42 Å². The van der Waals surface area contributed by atoms with Crippen LogP contribution in [0.15, 0.2) is 85.2 Å². The molecule has 0 aliphatic heterocycles. The van der Waals surface area contributed by atoms with Gasteiger partial charge in [-0.1, -0.05) is 120 Å². The van der Waals surface area contributed by atoms with Crippen LogP contribution in [0.5, 0.6) is 0 Å². The van der Waals surface area contributed by atoms with E-state index < -0.39 is 17.9 Å². The van der Waals surface area contributed by atoms with Crippen LogP contribution in [-0.2, 0) is 27.8 Å². The number of hydrogen-bond acceptors (Lipinski definition) is 5. The van der Waals surface area contributed by atoms with Crippen molar-refractivity contribution in [3.8, 4) is 22.5 Å². The fraction of sp³-hybridized carbons (Fsp3) is 0.390. The van der Waals surface area contributed by atoms with Gasteiger partial charge in [-0.3, -0.25) is 14.4 Å². The second kappa shape index (κ2) is 18.1. The molecule has 0 unspecified atom stereocenters. The monoisotopic (exact) mass is 662 g/mol. The van der Waals surface area contributed by atoms with Crippen LogP contribution >= 0.6 is 0 Å². The van der Waals surface area contributed by atoms with Crippen LogP contribution in [0.3, 0.4) is 0 Å². The zero-order valence-electron chi connectivity index (χ0n) is 29.3. The van der Waals surface area contributed by atoms with Crippen LogP contribution < -0.4 is 10.6 Å². The highest BCUT2D eigenvalue weighted by Crippen LogP contribution is 2.24. The number of amides is 2. The number of aliphatic carboxylic acids is 1. The van der Waals surface area contributed by atoms with Gasteiger partial charge < -0.3 is 15.7 Å². The molecular formula is C41H50N4O4. The third-order valence-electron chi connectivity index (χ3n) is 8.68. The van der Waals surface area contributed by atoms with Gasteiger partial charge in [-0.25, -0.2) is 9.97 Å². The Morgan fingerprint density at radius 2 is 1.33 bits per heavy atom. The highest BCUT2D eigenvalue weighted by molar-refractivity contribution is 5.97. The van der Waals surface area contributed by atoms with E-state index in [0.29, 0.717) is 11.4 Å². The molecule has 0 bridgehead atoms. The number of carboxylic acids is 1. The quantitative estimate of drug-likeness (QED) is 0.0988. The standard InChI is InChI=1S/C41H50N4O4/c1-5-6-7-8-9-10-11-29-12-16-31(17-13-29)34-27-43-38(44-28-34)32-18-14-30(15-19-32)26-36(40(49)42-25-24-37(46)47)45-39(48)33-20-22-35(23-21-33)41(2,3)4/h12-23,27-28,36H,5-11,24-26H2,1-4H3,(H,42,49)(H,45,48)(H,46,47)/t36-/m0/s1. The SMILES string of the molecule is CCCCCCCCc1ccc(-c2cnc(-c3ccc(C[C@H](NC(=O)c4ccc(C(C)(C)C)cc4)C(=O)NCCC(=O)O)cc3)nc2)cc1. The molecule has 1 aromatic heterocycles. The Hall–Kier alpha value is -4.85. The number of carboxylic acid groups (broad SMARTS) is 1. The first-order valence-electron chi connectivity index (χ1n) is 17.4. The summed E-state index contributed by atoms with van der Waals surface area (Å²) in [7, 11) is 0. The molecule has 2 amide bonds. The molecule has 0 aliphatic carbocycles. The lowest BCUT2D eigenvalue weighted by atomic mass is 9.86. The highest BCUT2D eigenvalue weighted by Gasteiger charge is 2.23. The van der Waals surface area contributed by atoms with E-state index >= 15 is 0 Å². The van der Waals surface area contributed by atoms with E-state index in [0.717, 1.165) is 34.2 Å². The molecule has 1 heterocycles. The summed E-state index contributed by atoms with van der Waals surface area (Å²) in [5.41, 5.74) is 6.51. The van der Waals surface area contributed by atoms with Gasteiger partial charge in [0.15, 0.2) is 5.82 Å². The average Bonchev–Trinajstić information content (AvgIpc) is 3.09. The molecule has 3 N–H and O–H groups in total. The van der Waals surface area contributed by atoms with Crippen LogP contribution in [0, 0.1) is 0 Å². The lowest BCUT2D eigenvalue weighted by molar-refractivity contribution is -0.137. The number of hydrogen-bond donors (Lipinski definition) is 3. The van der Waals surface area contributed by atoms with Crippen molar-refractivity contribution in [2.75, 3.05) is 6.54 Å². The summed E-state index contributed by atoms with van der Waals surface area (Å²) in [5, 5.41) is 14.5. The molecule has 0 spiro atoms. The van der Waals surface area contributed by atoms with Crippen LogP contribution in [-0.4, -0.2) is 45.4 Å². The van der Waals surface area contributed by atoms with E-state index in [1.165, 1.54) is 44.1 Å². The lowest BCUT2D eigenvalue weighted by Gasteiger charge is -2.20. The van der Waals surface area contributed by atoms with Crippen molar-refractivity contribution in [1.82, 2.24) is 20.6 Å². The Labute approximate surface area is 290 Å². The number of nitrogens with zero attached hydrogens (tertiary/aromatic N) is 2. The van der Waals surface area contributed by atoms with E-state index in [2.05, 4.69) is 72.6 Å². The van der Waals surface area contributed by atoms with E-state index in [1.54, 1.807) is 12.1 Å². The molecule has 3 aromatic carbocycles. The molecule has 0 saturated carbocycles. The van der Waals surface area contributed by atoms with Crippen molar-refractivity contribution in [2.45, 2.75) is 96.9 Å². The Bertz CT molecular complexity index is 1640. The van der Waals surface area contributed by atoms with Crippen LogP contribution in [0.4, 0.5) is 0 Å². The van der Waals surface area contributed by atoms with Gasteiger partial charge in [-0.15, -0.1) is 0 Å². The van der Waals surface area contributed by atoms with E-state index in [4.69, 9.17) is 5.11 Å². The second-order valence-corrected chi connectivity index (χ2v) is 13.7. The summed E-state index contributed by atoms with van der Waals surface area (Å²) in [4.78, 5) is 46.5. The van der Waals surface area contributed by atoms with E-state index in [9.17, 15) is 14.4 Å². The largest absolute Gasteiger partial charge is 0.481 e. The summed E-state index contributed by atoms with van der Waals surface area (Å²) < 4.78 is 0. The van der Waals surface area contributed by atoms with Gasteiger partial charge in [-0.2, -0.15) is 0 Å². The van der Waals surface area contributed by atoms with Crippen LogP contribution in [0.1, 0.15) is 99.7 Å². The smallest absolute Gasteiger partial charge is 0.305 e. The van der Waals surface area contributed by atoms with Crippen LogP contribution in [0.2, 0.25) is 0 Å². The fourth-order valence-electron chi connectivity index (χ4n) is 5.61. The maximum Gasteiger partial charge on any atom is 0.305 e. The van der Waals surface area contributed by atoms with Crippen molar-refractivity contribution >= 4 is 17.8 Å². The molecule has 49 heavy (non-hydrogen) atoms. The first-order valence-corrected chi connectivity index (χ1v) is 17.4. The number of aromatic nitrogens is 2. The van der Waals surface area contributed by atoms with E-state index in [1.807, 2.05) is 48.8 Å². The molecule has 4 rings (SSSR count). The fourth-order valence-corrected chi connectivity index (χ4v) is 5.61. The topological polar surface area (TPSA) is 121 Å². The summed E-state index contributed by atoms with van der Waals surface area (Å²) in [5.74, 6) is -1.25. The molecular weight excluding hydrogens is 612 g/mol. The minimum Gasteiger partial charge on any atom is -0.481 e. The molecule has 0 radical (unpaired) electrons. The number of carbonyl (C=O) groups excluding carboxylic acids is 2. The number of benzene rings is 3. The number of rotatable bonds is 17. The zero-order chi connectivity index (χ0) is 35.2. The average molecular weight is 663 g/mol. The van der Waals surface area contributed by atoms with Crippen LogP contribution in [0.25, 0.3) is 22.5 Å². The van der Waals surface area contributed by atoms with Gasteiger partial charge in [0, 0.05) is 42.0 Å². The third kappa shape index (κ3) is 11.7. The van der Waals surface area contributed by atoms with Gasteiger partial charge in [0.1, 0.15) is 6.04 Å². The molecule has 8 nitrogen and oxygen atoms in total. The summed E-state index contributed by atoms with van der Waals surface area (Å²) in [6.45, 7) is 8.51. The first-order chi connectivity index (χ1) is 23.5. The van der Waals surface area contributed by atoms with Crippen molar-refractivity contribution < 1.29 is 19.5 Å². The summed E-state index contributed by atoms with van der Waals surface area (Å²) in [6, 6.07) is 22.6. The summed E-state index contributed by atoms with van der Waals surface area (Å²) >= 11 is 0. The Morgan fingerprint density at radius 3 is 1.94 bits per heavy atom. The van der Waals surface area contributed by atoms with Crippen molar-refractivity contribution in [3.63, 3.8) is 0 Å². The molecule has 8 heteroatoms. The van der Waals surface area contributed by atoms with E-state index in [-0.39, 0.29) is 30.7 Å². The number of unbranched alkanes of at least 4 members (excludes halogenated alkanes) is 5. The summed E-state index contributed by atoms with van der Waals surface area (Å²) in [6.07, 6.45) is 12.5. The lowest BCUT2D eigenvalue weighted by Crippen LogP contribution is -2.48. The minimum atomic E-state index is -1.01. The van der Waals surface area contributed by atoms with Gasteiger partial charge in [0.2, 0.25) is 5.91 Å². The normalized spacial score (nSPS) is 11.9. The van der Waals surface area contributed by atoms with Gasteiger partial charge >= 0.3 is 5.97 Å². The molecule has 1 atom stereocenters. The van der Waals surface area contributed by atoms with Gasteiger partial charge in [0.25, 0.3) is 5.91 Å².